The Kier molecular flexibility index (Phi) is 2.77. The number of rotatable bonds is 3. The van der Waals surface area contributed by atoms with Crippen molar-refractivity contribution < 1.29 is 9.84 Å². The van der Waals surface area contributed by atoms with Crippen LogP contribution >= 0.6 is 15.9 Å². The fourth-order valence-electron chi connectivity index (χ4n) is 2.17. The molecule has 0 bridgehead atoms. The summed E-state index contributed by atoms with van der Waals surface area (Å²) in [5, 5.41) is 9.86. The monoisotopic (exact) mass is 270 g/mol. The van der Waals surface area contributed by atoms with E-state index in [0.29, 0.717) is 0 Å². The van der Waals surface area contributed by atoms with Gasteiger partial charge in [-0.1, -0.05) is 22.0 Å². The van der Waals surface area contributed by atoms with Crippen LogP contribution in [-0.2, 0) is 5.41 Å². The molecule has 0 aromatic heterocycles. The molecule has 0 heterocycles. The van der Waals surface area contributed by atoms with Crippen molar-refractivity contribution in [1.82, 2.24) is 0 Å². The lowest BCUT2D eigenvalue weighted by Gasteiger charge is -2.23. The van der Waals surface area contributed by atoms with E-state index in [1.54, 1.807) is 7.11 Å². The topological polar surface area (TPSA) is 29.5 Å². The van der Waals surface area contributed by atoms with Crippen LogP contribution in [0.5, 0.6) is 5.75 Å². The molecule has 0 saturated heterocycles. The van der Waals surface area contributed by atoms with E-state index in [4.69, 9.17) is 4.74 Å². The molecule has 1 atom stereocenters. The first-order valence-corrected chi connectivity index (χ1v) is 5.92. The first kappa shape index (κ1) is 11.0. The van der Waals surface area contributed by atoms with Crippen LogP contribution in [-0.4, -0.2) is 18.3 Å². The lowest BCUT2D eigenvalue weighted by Crippen LogP contribution is -2.23. The number of benzene rings is 1. The molecule has 3 heteroatoms. The van der Waals surface area contributed by atoms with E-state index in [9.17, 15) is 5.11 Å². The van der Waals surface area contributed by atoms with E-state index in [0.717, 1.165) is 28.6 Å². The molecule has 0 spiro atoms. The third kappa shape index (κ3) is 1.68. The number of hydrogen-bond acceptors (Lipinski definition) is 2. The Balaban J connectivity index is 2.51. The Hall–Kier alpha value is -0.540. The van der Waals surface area contributed by atoms with E-state index in [2.05, 4.69) is 15.9 Å². The number of hydrogen-bond donors (Lipinski definition) is 1. The normalized spacial score (nSPS) is 19.7. The molecule has 1 N–H and O–H groups in total. The highest BCUT2D eigenvalue weighted by molar-refractivity contribution is 9.10. The standard InChI is InChI=1S/C12H15BrO2/c1-8(14)12(6-7-12)11-9(13)4-3-5-10(11)15-2/h3-5,8,14H,6-7H2,1-2H3. The van der Waals surface area contributed by atoms with Gasteiger partial charge in [-0.2, -0.15) is 0 Å². The van der Waals surface area contributed by atoms with Crippen LogP contribution in [0.2, 0.25) is 0 Å². The van der Waals surface area contributed by atoms with Crippen molar-refractivity contribution in [3.8, 4) is 5.75 Å². The summed E-state index contributed by atoms with van der Waals surface area (Å²) in [6.07, 6.45) is 1.73. The summed E-state index contributed by atoms with van der Waals surface area (Å²) in [6, 6.07) is 5.90. The van der Waals surface area contributed by atoms with Crippen molar-refractivity contribution >= 4 is 15.9 Å². The molecule has 15 heavy (non-hydrogen) atoms. The van der Waals surface area contributed by atoms with Crippen molar-refractivity contribution in [3.63, 3.8) is 0 Å². The molecule has 1 aliphatic rings. The van der Waals surface area contributed by atoms with E-state index in [-0.39, 0.29) is 11.5 Å². The Morgan fingerprint density at radius 2 is 2.13 bits per heavy atom. The third-order valence-corrected chi connectivity index (χ3v) is 3.94. The molecule has 2 nitrogen and oxygen atoms in total. The van der Waals surface area contributed by atoms with E-state index >= 15 is 0 Å². The molecule has 0 aliphatic heterocycles. The first-order valence-electron chi connectivity index (χ1n) is 5.13. The molecule has 1 saturated carbocycles. The van der Waals surface area contributed by atoms with Gasteiger partial charge in [0.2, 0.25) is 0 Å². The van der Waals surface area contributed by atoms with Crippen LogP contribution in [0.1, 0.15) is 25.3 Å². The SMILES string of the molecule is COc1cccc(Br)c1C1(C(C)O)CC1. The molecular formula is C12H15BrO2. The largest absolute Gasteiger partial charge is 0.496 e. The molecule has 1 unspecified atom stereocenters. The average molecular weight is 271 g/mol. The Morgan fingerprint density at radius 3 is 2.60 bits per heavy atom. The highest BCUT2D eigenvalue weighted by Gasteiger charge is 2.51. The molecule has 1 fully saturated rings. The van der Waals surface area contributed by atoms with Crippen molar-refractivity contribution in [2.45, 2.75) is 31.3 Å². The zero-order chi connectivity index (χ0) is 11.1. The van der Waals surface area contributed by atoms with Crippen LogP contribution in [0.3, 0.4) is 0 Å². The summed E-state index contributed by atoms with van der Waals surface area (Å²) in [6.45, 7) is 1.85. The number of methoxy groups -OCH3 is 1. The van der Waals surface area contributed by atoms with Gasteiger partial charge in [0.1, 0.15) is 5.75 Å². The van der Waals surface area contributed by atoms with Gasteiger partial charge >= 0.3 is 0 Å². The minimum Gasteiger partial charge on any atom is -0.496 e. The summed E-state index contributed by atoms with van der Waals surface area (Å²) in [5.74, 6) is 0.864. The van der Waals surface area contributed by atoms with Gasteiger partial charge in [0.15, 0.2) is 0 Å². The van der Waals surface area contributed by atoms with Crippen molar-refractivity contribution in [3.05, 3.63) is 28.2 Å². The molecule has 2 rings (SSSR count). The second-order valence-electron chi connectivity index (χ2n) is 4.15. The highest BCUT2D eigenvalue weighted by atomic mass is 79.9. The van der Waals surface area contributed by atoms with Crippen molar-refractivity contribution in [1.29, 1.82) is 0 Å². The summed E-state index contributed by atoms with van der Waals surface area (Å²) in [5.41, 5.74) is 1.02. The highest BCUT2D eigenvalue weighted by Crippen LogP contribution is 2.55. The summed E-state index contributed by atoms with van der Waals surface area (Å²) in [4.78, 5) is 0. The maximum atomic E-state index is 9.86. The van der Waals surface area contributed by atoms with Gasteiger partial charge in [0.05, 0.1) is 13.2 Å². The molecule has 0 radical (unpaired) electrons. The first-order chi connectivity index (χ1) is 7.12. The molecule has 1 aliphatic carbocycles. The fourth-order valence-corrected chi connectivity index (χ4v) is 2.91. The second-order valence-corrected chi connectivity index (χ2v) is 5.00. The predicted octanol–water partition coefficient (Wildman–Crippen LogP) is 2.87. The Bertz CT molecular complexity index is 370. The van der Waals surface area contributed by atoms with Crippen molar-refractivity contribution in [2.75, 3.05) is 7.11 Å². The molecule has 1 aromatic rings. The average Bonchev–Trinajstić information content (AvgIpc) is 2.98. The van der Waals surface area contributed by atoms with Crippen LogP contribution < -0.4 is 4.74 Å². The Morgan fingerprint density at radius 1 is 1.47 bits per heavy atom. The number of halogens is 1. The third-order valence-electron chi connectivity index (χ3n) is 3.28. The maximum Gasteiger partial charge on any atom is 0.123 e. The molecule has 1 aromatic carbocycles. The fraction of sp³-hybridized carbons (Fsp3) is 0.500. The van der Waals surface area contributed by atoms with Gasteiger partial charge in [0, 0.05) is 15.5 Å². The van der Waals surface area contributed by atoms with E-state index < -0.39 is 0 Å². The summed E-state index contributed by atoms with van der Waals surface area (Å²) >= 11 is 3.54. The minimum atomic E-state index is -0.329. The molecule has 0 amide bonds. The lowest BCUT2D eigenvalue weighted by atomic mass is 9.90. The van der Waals surface area contributed by atoms with Crippen molar-refractivity contribution in [2.24, 2.45) is 0 Å². The minimum absolute atomic E-state index is 0.0918. The number of aliphatic hydroxyl groups is 1. The Labute approximate surface area is 98.4 Å². The van der Waals surface area contributed by atoms with E-state index in [1.807, 2.05) is 25.1 Å². The predicted molar refractivity (Wildman–Crippen MR) is 63.3 cm³/mol. The van der Waals surface area contributed by atoms with Crippen LogP contribution in [0.25, 0.3) is 0 Å². The number of aliphatic hydroxyl groups excluding tert-OH is 1. The van der Waals surface area contributed by atoms with Gasteiger partial charge in [0.25, 0.3) is 0 Å². The lowest BCUT2D eigenvalue weighted by molar-refractivity contribution is 0.148. The van der Waals surface area contributed by atoms with Crippen LogP contribution in [0.4, 0.5) is 0 Å². The summed E-state index contributed by atoms with van der Waals surface area (Å²) in [7, 11) is 1.67. The quantitative estimate of drug-likeness (QED) is 0.916. The maximum absolute atomic E-state index is 9.86. The van der Waals surface area contributed by atoms with Gasteiger partial charge in [-0.15, -0.1) is 0 Å². The zero-order valence-electron chi connectivity index (χ0n) is 8.96. The number of ether oxygens (including phenoxy) is 1. The van der Waals surface area contributed by atoms with Gasteiger partial charge in [-0.25, -0.2) is 0 Å². The second kappa shape index (κ2) is 3.80. The zero-order valence-corrected chi connectivity index (χ0v) is 10.5. The summed E-state index contributed by atoms with van der Waals surface area (Å²) < 4.78 is 6.39. The smallest absolute Gasteiger partial charge is 0.123 e. The van der Waals surface area contributed by atoms with Gasteiger partial charge < -0.3 is 9.84 Å². The van der Waals surface area contributed by atoms with Crippen LogP contribution in [0, 0.1) is 0 Å². The van der Waals surface area contributed by atoms with Crippen LogP contribution in [0.15, 0.2) is 22.7 Å². The van der Waals surface area contributed by atoms with Gasteiger partial charge in [-0.3, -0.25) is 0 Å². The molecular weight excluding hydrogens is 256 g/mol. The van der Waals surface area contributed by atoms with Gasteiger partial charge in [-0.05, 0) is 31.9 Å². The molecule has 82 valence electrons. The van der Waals surface area contributed by atoms with E-state index in [1.165, 1.54) is 0 Å².